The molecule has 52 heavy (non-hydrogen) atoms. The van der Waals surface area contributed by atoms with Crippen LogP contribution in [0, 0.1) is 0 Å². The van der Waals surface area contributed by atoms with Gasteiger partial charge in [0.25, 0.3) is 0 Å². The molecular formula is C48H88Si4. The van der Waals surface area contributed by atoms with E-state index in [1.165, 1.54) is 0 Å². The molecule has 0 N–H and O–H groups in total. The normalized spacial score (nSPS) is 13.5. The maximum Gasteiger partial charge on any atom is 0.0652 e. The molecule has 0 aliphatic rings. The van der Waals surface area contributed by atoms with Crippen molar-refractivity contribution in [2.24, 2.45) is 0 Å². The molecule has 0 spiro atoms. The minimum absolute atomic E-state index is 0.496. The van der Waals surface area contributed by atoms with Gasteiger partial charge in [-0.25, -0.2) is 0 Å². The minimum Gasteiger partial charge on any atom is -0.0652 e. The summed E-state index contributed by atoms with van der Waals surface area (Å²) in [6.45, 7) is 61.6. The number of hydrogen-bond acceptors (Lipinski definition) is 0. The van der Waals surface area contributed by atoms with E-state index in [9.17, 15) is 0 Å². The van der Waals surface area contributed by atoms with Crippen molar-refractivity contribution in [2.75, 3.05) is 0 Å². The van der Waals surface area contributed by atoms with Crippen LogP contribution < -0.4 is 10.4 Å². The third kappa shape index (κ3) is 8.65. The standard InChI is InChI=1S/C48H88Si4/c1-29(2)41-25-43(31(5)6)47(44(26-41)32(7)8)49(48-45(33(9)10)27-42(30(3)4)28-46(48)34(11)12)50(51(35(13)14,36(15)16)37(17)18)52(38(19)20,39(21)22)40(23)24/h25-40H,1-24H3. The van der Waals surface area contributed by atoms with Crippen LogP contribution in [0.3, 0.4) is 0 Å². The Balaban J connectivity index is 4.08. The summed E-state index contributed by atoms with van der Waals surface area (Å²) in [5.41, 5.74) is 14.5. The second kappa shape index (κ2) is 18.5. The molecule has 4 heteroatoms. The number of hydrogen-bond donors (Lipinski definition) is 0. The van der Waals surface area contributed by atoms with Crippen molar-refractivity contribution >= 4 is 40.4 Å². The molecular weight excluding hydrogens is 689 g/mol. The summed E-state index contributed by atoms with van der Waals surface area (Å²) in [5, 5.41) is 3.79. The second-order valence-corrected chi connectivity index (χ2v) is 49.5. The van der Waals surface area contributed by atoms with E-state index >= 15 is 0 Å². The number of rotatable bonds is 16. The fourth-order valence-corrected chi connectivity index (χ4v) is 96.5. The Morgan fingerprint density at radius 1 is 0.308 bits per heavy atom. The van der Waals surface area contributed by atoms with Gasteiger partial charge in [0.1, 0.15) is 0 Å². The summed E-state index contributed by atoms with van der Waals surface area (Å²) < 4.78 is 0. The monoisotopic (exact) mass is 777 g/mol. The van der Waals surface area contributed by atoms with Gasteiger partial charge in [-0.3, -0.25) is 0 Å². The van der Waals surface area contributed by atoms with Gasteiger partial charge in [-0.1, -0.05) is 224 Å². The van der Waals surface area contributed by atoms with Crippen LogP contribution in [-0.2, 0) is 0 Å². The second-order valence-electron chi connectivity index (χ2n) is 20.6. The molecule has 2 aromatic rings. The van der Waals surface area contributed by atoms with Gasteiger partial charge in [-0.15, -0.1) is 0 Å². The first-order valence-electron chi connectivity index (χ1n) is 21.9. The van der Waals surface area contributed by atoms with E-state index in [0.717, 1.165) is 33.2 Å². The molecule has 2 rings (SSSR count). The highest BCUT2D eigenvalue weighted by Gasteiger charge is 2.59. The van der Waals surface area contributed by atoms with Crippen LogP contribution in [0.2, 0.25) is 33.2 Å². The first kappa shape index (κ1) is 47.5. The first-order valence-corrected chi connectivity index (χ1v) is 32.3. The van der Waals surface area contributed by atoms with Crippen molar-refractivity contribution in [1.29, 1.82) is 0 Å². The average molecular weight is 778 g/mol. The highest BCUT2D eigenvalue weighted by atomic mass is 29.8. The fourth-order valence-electron chi connectivity index (χ4n) is 11.4. The summed E-state index contributed by atoms with van der Waals surface area (Å²) in [4.78, 5) is 0. The van der Waals surface area contributed by atoms with E-state index in [1.807, 2.05) is 10.4 Å². The van der Waals surface area contributed by atoms with E-state index in [2.05, 4.69) is 190 Å². The minimum atomic E-state index is -2.00. The maximum absolute atomic E-state index is 2.74. The van der Waals surface area contributed by atoms with Crippen LogP contribution >= 0.6 is 0 Å². The maximum atomic E-state index is 2.74. The molecule has 0 bridgehead atoms. The van der Waals surface area contributed by atoms with Crippen LogP contribution in [0.1, 0.15) is 235 Å². The van der Waals surface area contributed by atoms with Gasteiger partial charge in [-0.2, -0.15) is 0 Å². The fraction of sp³-hybridized carbons (Fsp3) is 0.750. The molecule has 296 valence electrons. The molecule has 0 heterocycles. The SMILES string of the molecule is CC(C)c1cc(C(C)C)c([Si](c2c(C(C)C)cc(C(C)C)cc2C(C)C)=[Si]([Si](C(C)C)(C(C)C)C(C)C)[Si](C(C)C)(C(C)C)C(C)C)c(C(C)C)c1. The van der Waals surface area contributed by atoms with E-state index < -0.39 is 30.0 Å². The van der Waals surface area contributed by atoms with Gasteiger partial charge in [0.15, 0.2) is 0 Å². The lowest BCUT2D eigenvalue weighted by Crippen LogP contribution is -2.75. The topological polar surface area (TPSA) is 0 Å². The molecule has 0 saturated carbocycles. The van der Waals surface area contributed by atoms with E-state index in [0.29, 0.717) is 35.5 Å². The molecule has 0 radical (unpaired) electrons. The third-order valence-corrected chi connectivity index (χ3v) is 68.1. The lowest BCUT2D eigenvalue weighted by Gasteiger charge is -2.57. The Bertz CT molecular complexity index is 1300. The van der Waals surface area contributed by atoms with Crippen molar-refractivity contribution in [2.45, 2.75) is 235 Å². The lowest BCUT2D eigenvalue weighted by atomic mass is 9.89. The van der Waals surface area contributed by atoms with Gasteiger partial charge < -0.3 is 0 Å². The van der Waals surface area contributed by atoms with Crippen LogP contribution in [0.4, 0.5) is 0 Å². The summed E-state index contributed by atoms with van der Waals surface area (Å²) in [5.74, 6) is 3.04. The average Bonchev–Trinajstić information content (AvgIpc) is 2.99. The molecule has 0 aliphatic heterocycles. The van der Waals surface area contributed by atoms with Crippen LogP contribution in [0.5, 0.6) is 0 Å². The Morgan fingerprint density at radius 3 is 0.635 bits per heavy atom. The van der Waals surface area contributed by atoms with Crippen molar-refractivity contribution in [3.8, 4) is 0 Å². The Morgan fingerprint density at radius 2 is 0.500 bits per heavy atom. The largest absolute Gasteiger partial charge is 0.0652 e. The number of benzene rings is 2. The smallest absolute Gasteiger partial charge is 0.0652 e. The Hall–Kier alpha value is -0.692. The molecule has 0 atom stereocenters. The van der Waals surface area contributed by atoms with Crippen LogP contribution in [0.15, 0.2) is 24.3 Å². The Labute approximate surface area is 331 Å². The zero-order valence-corrected chi connectivity index (χ0v) is 43.2. The first-order chi connectivity index (χ1) is 23.8. The van der Waals surface area contributed by atoms with Crippen molar-refractivity contribution < 1.29 is 0 Å². The van der Waals surface area contributed by atoms with Crippen molar-refractivity contribution in [3.63, 3.8) is 0 Å². The molecule has 0 fully saturated rings. The van der Waals surface area contributed by atoms with Gasteiger partial charge in [0.2, 0.25) is 0 Å². The zero-order valence-electron chi connectivity index (χ0n) is 39.2. The molecule has 0 saturated heterocycles. The van der Waals surface area contributed by atoms with Crippen molar-refractivity contribution in [3.05, 3.63) is 57.6 Å². The predicted molar refractivity (Wildman–Crippen MR) is 250 cm³/mol. The van der Waals surface area contributed by atoms with Gasteiger partial charge in [0.05, 0.1) is 23.1 Å². The van der Waals surface area contributed by atoms with E-state index in [-0.39, 0.29) is 0 Å². The third-order valence-electron chi connectivity index (χ3n) is 13.6. The van der Waals surface area contributed by atoms with Gasteiger partial charge in [0, 0.05) is 0 Å². The highest BCUT2D eigenvalue weighted by molar-refractivity contribution is 7.69. The molecule has 0 nitrogen and oxygen atoms in total. The van der Waals surface area contributed by atoms with Crippen LogP contribution in [-0.4, -0.2) is 30.0 Å². The van der Waals surface area contributed by atoms with E-state index in [1.54, 1.807) is 33.4 Å². The summed E-state index contributed by atoms with van der Waals surface area (Å²) in [6, 6.07) is 10.9. The zero-order chi connectivity index (χ0) is 40.5. The molecule has 0 amide bonds. The van der Waals surface area contributed by atoms with Gasteiger partial charge in [-0.05, 0) is 86.2 Å². The summed E-state index contributed by atoms with van der Waals surface area (Å²) in [6.07, 6.45) is 0. The molecule has 0 unspecified atom stereocenters. The summed E-state index contributed by atoms with van der Waals surface area (Å²) >= 11 is 0. The predicted octanol–water partition coefficient (Wildman–Crippen LogP) is 15.1. The molecule has 2 aromatic carbocycles. The molecule has 0 aromatic heterocycles. The highest BCUT2D eigenvalue weighted by Crippen LogP contribution is 2.51. The summed E-state index contributed by atoms with van der Waals surface area (Å²) in [7, 11) is -5.28. The van der Waals surface area contributed by atoms with E-state index in [4.69, 9.17) is 0 Å². The lowest BCUT2D eigenvalue weighted by molar-refractivity contribution is 0.810. The van der Waals surface area contributed by atoms with Gasteiger partial charge >= 0.3 is 0 Å². The van der Waals surface area contributed by atoms with Crippen molar-refractivity contribution in [1.82, 2.24) is 0 Å². The van der Waals surface area contributed by atoms with Crippen LogP contribution in [0.25, 0.3) is 0 Å². The quantitative estimate of drug-likeness (QED) is 0.149. The molecule has 0 aliphatic carbocycles. The Kier molecular flexibility index (Phi) is 16.9.